The molecule has 0 unspecified atom stereocenters. The van der Waals surface area contributed by atoms with Gasteiger partial charge in [-0.1, -0.05) is 24.6 Å². The molecule has 2 rings (SSSR count). The summed E-state index contributed by atoms with van der Waals surface area (Å²) in [6.45, 7) is 6.44. The number of sulfonamides is 1. The van der Waals surface area contributed by atoms with Gasteiger partial charge in [0.25, 0.3) is 15.7 Å². The number of methoxy groups -OCH3 is 1. The first-order chi connectivity index (χ1) is 14.8. The van der Waals surface area contributed by atoms with Crippen molar-refractivity contribution in [1.82, 2.24) is 5.32 Å². The molecular formula is C21H26ClN3O6S. The molecule has 0 saturated heterocycles. The standard InChI is InChI=1S/C21H26ClN3O6S/c1-6-21(3,4)23-20(26)13-24(18-11-15(22)8-10-19(18)31-5)32(29,30)16-9-7-14(2)17(12-16)25(27)28/h7-12H,6,13H2,1-5H3,(H,23,26). The Labute approximate surface area is 192 Å². The summed E-state index contributed by atoms with van der Waals surface area (Å²) in [5.41, 5.74) is -0.565. The number of aryl methyl sites for hydroxylation is 1. The van der Waals surface area contributed by atoms with E-state index < -0.39 is 32.9 Å². The first-order valence-corrected chi connectivity index (χ1v) is 11.6. The van der Waals surface area contributed by atoms with Crippen LogP contribution in [0.15, 0.2) is 41.3 Å². The molecule has 0 radical (unpaired) electrons. The Bertz CT molecular complexity index is 1130. The Morgan fingerprint density at radius 3 is 2.47 bits per heavy atom. The van der Waals surface area contributed by atoms with E-state index in [2.05, 4.69) is 5.32 Å². The summed E-state index contributed by atoms with van der Waals surface area (Å²) in [5.74, 6) is -0.383. The number of nitrogens with one attached hydrogen (secondary N) is 1. The number of carbonyl (C=O) groups is 1. The van der Waals surface area contributed by atoms with Crippen molar-refractivity contribution in [2.75, 3.05) is 18.0 Å². The third kappa shape index (κ3) is 5.68. The molecule has 0 aliphatic carbocycles. The highest BCUT2D eigenvalue weighted by molar-refractivity contribution is 7.92. The van der Waals surface area contributed by atoms with E-state index in [1.807, 2.05) is 20.8 Å². The van der Waals surface area contributed by atoms with Gasteiger partial charge in [-0.05, 0) is 51.5 Å². The highest BCUT2D eigenvalue weighted by Gasteiger charge is 2.32. The number of anilines is 1. The van der Waals surface area contributed by atoms with E-state index in [0.29, 0.717) is 12.0 Å². The van der Waals surface area contributed by atoms with Crippen LogP contribution in [0.3, 0.4) is 0 Å². The van der Waals surface area contributed by atoms with E-state index in [-0.39, 0.29) is 27.0 Å². The van der Waals surface area contributed by atoms with E-state index in [9.17, 15) is 23.3 Å². The number of nitro groups is 1. The van der Waals surface area contributed by atoms with Crippen LogP contribution in [0.5, 0.6) is 5.75 Å². The number of hydrogen-bond donors (Lipinski definition) is 1. The van der Waals surface area contributed by atoms with Crippen molar-refractivity contribution in [3.8, 4) is 5.75 Å². The minimum Gasteiger partial charge on any atom is -0.495 e. The van der Waals surface area contributed by atoms with Crippen LogP contribution in [0, 0.1) is 17.0 Å². The second-order valence-corrected chi connectivity index (χ2v) is 10.1. The van der Waals surface area contributed by atoms with Gasteiger partial charge < -0.3 is 10.1 Å². The van der Waals surface area contributed by atoms with Crippen LogP contribution in [-0.4, -0.2) is 38.4 Å². The van der Waals surface area contributed by atoms with E-state index in [4.69, 9.17) is 16.3 Å². The van der Waals surface area contributed by atoms with Crippen LogP contribution in [0.4, 0.5) is 11.4 Å². The summed E-state index contributed by atoms with van der Waals surface area (Å²) >= 11 is 6.10. The van der Waals surface area contributed by atoms with Crippen molar-refractivity contribution in [2.24, 2.45) is 0 Å². The van der Waals surface area contributed by atoms with E-state index in [1.54, 1.807) is 0 Å². The molecule has 0 aliphatic rings. The van der Waals surface area contributed by atoms with Crippen molar-refractivity contribution in [1.29, 1.82) is 0 Å². The number of ether oxygens (including phenoxy) is 1. The summed E-state index contributed by atoms with van der Waals surface area (Å²) in [6.07, 6.45) is 0.621. The van der Waals surface area contributed by atoms with E-state index in [1.165, 1.54) is 44.4 Å². The molecule has 11 heteroatoms. The number of nitrogens with zero attached hydrogens (tertiary/aromatic N) is 2. The number of amides is 1. The zero-order valence-corrected chi connectivity index (χ0v) is 20.1. The van der Waals surface area contributed by atoms with Gasteiger partial charge in [-0.25, -0.2) is 8.42 Å². The summed E-state index contributed by atoms with van der Waals surface area (Å²) in [6, 6.07) is 7.94. The number of nitro benzene ring substituents is 1. The summed E-state index contributed by atoms with van der Waals surface area (Å²) < 4.78 is 33.3. The highest BCUT2D eigenvalue weighted by Crippen LogP contribution is 2.35. The molecule has 0 spiro atoms. The molecule has 0 aromatic heterocycles. The predicted molar refractivity (Wildman–Crippen MR) is 123 cm³/mol. The predicted octanol–water partition coefficient (Wildman–Crippen LogP) is 4.07. The third-order valence-corrected chi connectivity index (χ3v) is 7.01. The molecule has 9 nitrogen and oxygen atoms in total. The Morgan fingerprint density at radius 1 is 1.25 bits per heavy atom. The van der Waals surface area contributed by atoms with Crippen molar-refractivity contribution in [3.05, 3.63) is 57.1 Å². The normalized spacial score (nSPS) is 11.7. The molecule has 0 saturated carbocycles. The van der Waals surface area contributed by atoms with E-state index in [0.717, 1.165) is 10.4 Å². The van der Waals surface area contributed by atoms with Gasteiger partial charge in [0.1, 0.15) is 12.3 Å². The van der Waals surface area contributed by atoms with Gasteiger partial charge >= 0.3 is 0 Å². The van der Waals surface area contributed by atoms with Crippen molar-refractivity contribution in [2.45, 2.75) is 44.6 Å². The molecule has 32 heavy (non-hydrogen) atoms. The molecule has 0 bridgehead atoms. The molecule has 1 N–H and O–H groups in total. The fourth-order valence-electron chi connectivity index (χ4n) is 2.87. The van der Waals surface area contributed by atoms with Crippen LogP contribution in [0.2, 0.25) is 5.02 Å². The zero-order valence-electron chi connectivity index (χ0n) is 18.5. The van der Waals surface area contributed by atoms with Gasteiger partial charge in [-0.15, -0.1) is 0 Å². The number of rotatable bonds is 9. The summed E-state index contributed by atoms with van der Waals surface area (Å²) in [4.78, 5) is 23.2. The van der Waals surface area contributed by atoms with Crippen LogP contribution >= 0.6 is 11.6 Å². The molecule has 0 heterocycles. The maximum atomic E-state index is 13.6. The maximum absolute atomic E-state index is 13.6. The van der Waals surface area contributed by atoms with Gasteiger partial charge in [0, 0.05) is 22.2 Å². The summed E-state index contributed by atoms with van der Waals surface area (Å²) in [5, 5.41) is 14.4. The minimum absolute atomic E-state index is 0.0349. The largest absolute Gasteiger partial charge is 0.495 e. The fraction of sp³-hybridized carbons (Fsp3) is 0.381. The number of hydrogen-bond acceptors (Lipinski definition) is 6. The topological polar surface area (TPSA) is 119 Å². The minimum atomic E-state index is -4.40. The van der Waals surface area contributed by atoms with Gasteiger partial charge in [0.2, 0.25) is 5.91 Å². The second-order valence-electron chi connectivity index (χ2n) is 7.82. The van der Waals surface area contributed by atoms with Crippen molar-refractivity contribution < 1.29 is 22.9 Å². The molecular weight excluding hydrogens is 458 g/mol. The average molecular weight is 484 g/mol. The second kappa shape index (κ2) is 9.74. The zero-order chi connectivity index (χ0) is 24.3. The lowest BCUT2D eigenvalue weighted by atomic mass is 10.0. The lowest BCUT2D eigenvalue weighted by Gasteiger charge is -2.29. The Kier molecular flexibility index (Phi) is 7.74. The van der Waals surface area contributed by atoms with Crippen LogP contribution in [0.25, 0.3) is 0 Å². The molecule has 0 aliphatic heterocycles. The molecule has 174 valence electrons. The molecule has 0 fully saturated rings. The third-order valence-electron chi connectivity index (χ3n) is 5.02. The molecule has 1 amide bonds. The lowest BCUT2D eigenvalue weighted by molar-refractivity contribution is -0.385. The number of benzene rings is 2. The fourth-order valence-corrected chi connectivity index (χ4v) is 4.48. The smallest absolute Gasteiger partial charge is 0.273 e. The highest BCUT2D eigenvalue weighted by atomic mass is 35.5. The molecule has 0 atom stereocenters. The van der Waals surface area contributed by atoms with E-state index >= 15 is 0 Å². The van der Waals surface area contributed by atoms with Crippen molar-refractivity contribution >= 4 is 38.9 Å². The van der Waals surface area contributed by atoms with Crippen LogP contribution in [0.1, 0.15) is 32.8 Å². The summed E-state index contributed by atoms with van der Waals surface area (Å²) in [7, 11) is -3.05. The van der Waals surface area contributed by atoms with Crippen molar-refractivity contribution in [3.63, 3.8) is 0 Å². The monoisotopic (exact) mass is 483 g/mol. The van der Waals surface area contributed by atoms with Crippen LogP contribution < -0.4 is 14.4 Å². The average Bonchev–Trinajstić information content (AvgIpc) is 2.71. The number of halogens is 1. The lowest BCUT2D eigenvalue weighted by Crippen LogP contribution is -2.48. The SMILES string of the molecule is CCC(C)(C)NC(=O)CN(c1cc(Cl)ccc1OC)S(=O)(=O)c1ccc(C)c([N+](=O)[O-])c1. The Morgan fingerprint density at radius 2 is 1.91 bits per heavy atom. The molecule has 2 aromatic carbocycles. The van der Waals surface area contributed by atoms with Gasteiger partial charge in [0.15, 0.2) is 0 Å². The number of carbonyl (C=O) groups excluding carboxylic acids is 1. The maximum Gasteiger partial charge on any atom is 0.273 e. The van der Waals surface area contributed by atoms with Crippen LogP contribution in [-0.2, 0) is 14.8 Å². The van der Waals surface area contributed by atoms with Gasteiger partial charge in [0.05, 0.1) is 22.6 Å². The molecule has 2 aromatic rings. The first-order valence-electron chi connectivity index (χ1n) is 9.74. The quantitative estimate of drug-likeness (QED) is 0.424. The van der Waals surface area contributed by atoms with Gasteiger partial charge in [-0.2, -0.15) is 0 Å². The van der Waals surface area contributed by atoms with Gasteiger partial charge in [-0.3, -0.25) is 19.2 Å². The Hall–Kier alpha value is -2.85. The Balaban J connectivity index is 2.65. The first kappa shape index (κ1) is 25.4.